The highest BCUT2D eigenvalue weighted by Crippen LogP contribution is 2.50. The summed E-state index contributed by atoms with van der Waals surface area (Å²) in [7, 11) is 0. The lowest BCUT2D eigenvalue weighted by Gasteiger charge is -2.47. The van der Waals surface area contributed by atoms with Crippen molar-refractivity contribution in [1.82, 2.24) is 25.7 Å². The molecule has 7 nitrogen and oxygen atoms in total. The molecule has 6 rings (SSSR count). The molecule has 4 aliphatic rings. The van der Waals surface area contributed by atoms with Crippen LogP contribution in [0.15, 0.2) is 30.7 Å². The van der Waals surface area contributed by atoms with Crippen molar-refractivity contribution in [3.05, 3.63) is 36.7 Å². The molecule has 1 aliphatic heterocycles. The van der Waals surface area contributed by atoms with Crippen molar-refractivity contribution in [2.24, 2.45) is 11.8 Å². The van der Waals surface area contributed by atoms with Crippen LogP contribution in [0.3, 0.4) is 0 Å². The molecule has 1 spiro atoms. The number of anilines is 1. The van der Waals surface area contributed by atoms with Crippen LogP contribution in [0.4, 0.5) is 10.2 Å². The third-order valence-corrected chi connectivity index (χ3v) is 5.93. The zero-order valence-corrected chi connectivity index (χ0v) is 14.4. The van der Waals surface area contributed by atoms with Crippen LogP contribution in [0.2, 0.25) is 0 Å². The fraction of sp³-hybridized carbons (Fsp3) is 0.500. The summed E-state index contributed by atoms with van der Waals surface area (Å²) >= 11 is 0. The van der Waals surface area contributed by atoms with Gasteiger partial charge >= 0.3 is 0 Å². The minimum absolute atomic E-state index is 0.0924. The van der Waals surface area contributed by atoms with Crippen molar-refractivity contribution in [3.8, 4) is 11.3 Å². The van der Waals surface area contributed by atoms with Crippen molar-refractivity contribution in [3.63, 3.8) is 0 Å². The average molecular weight is 356 g/mol. The molecule has 4 fully saturated rings. The summed E-state index contributed by atoms with van der Waals surface area (Å²) < 4.78 is 13.0. The number of nitrogens with zero attached hydrogens (tertiary/aromatic N) is 4. The van der Waals surface area contributed by atoms with Gasteiger partial charge in [0, 0.05) is 24.4 Å². The molecule has 1 atom stereocenters. The van der Waals surface area contributed by atoms with E-state index < -0.39 is 5.95 Å². The van der Waals surface area contributed by atoms with Crippen LogP contribution in [0, 0.1) is 17.8 Å². The minimum Gasteiger partial charge on any atom is -0.265 e. The van der Waals surface area contributed by atoms with Crippen molar-refractivity contribution in [1.29, 1.82) is 0 Å². The fourth-order valence-electron chi connectivity index (χ4n) is 4.60. The first-order valence-corrected chi connectivity index (χ1v) is 9.14. The van der Waals surface area contributed by atoms with E-state index in [4.69, 9.17) is 4.84 Å². The lowest BCUT2D eigenvalue weighted by Crippen LogP contribution is -2.50. The fourth-order valence-corrected chi connectivity index (χ4v) is 4.60. The van der Waals surface area contributed by atoms with Crippen LogP contribution in [-0.2, 0) is 4.84 Å². The minimum atomic E-state index is -0.511. The number of aromatic nitrogens is 3. The van der Waals surface area contributed by atoms with E-state index in [1.165, 1.54) is 44.3 Å². The van der Waals surface area contributed by atoms with E-state index >= 15 is 0 Å². The predicted octanol–water partition coefficient (Wildman–Crippen LogP) is 2.71. The molecule has 3 aliphatic carbocycles. The molecule has 2 N–H and O–H groups in total. The highest BCUT2D eigenvalue weighted by molar-refractivity contribution is 5.60. The van der Waals surface area contributed by atoms with Gasteiger partial charge in [-0.25, -0.2) is 20.4 Å². The van der Waals surface area contributed by atoms with E-state index in [1.54, 1.807) is 17.4 Å². The molecule has 26 heavy (non-hydrogen) atoms. The average Bonchev–Trinajstić information content (AvgIpc) is 3.05. The Balaban J connectivity index is 1.30. The van der Waals surface area contributed by atoms with Crippen LogP contribution < -0.4 is 10.9 Å². The smallest absolute Gasteiger partial charge is 0.212 e. The lowest BCUT2D eigenvalue weighted by molar-refractivity contribution is -0.235. The normalized spacial score (nSPS) is 30.8. The first-order chi connectivity index (χ1) is 12.7. The number of nitrogens with one attached hydrogen (secondary N) is 2. The van der Waals surface area contributed by atoms with Crippen molar-refractivity contribution < 1.29 is 9.23 Å². The van der Waals surface area contributed by atoms with Gasteiger partial charge in [-0.05, 0) is 61.4 Å². The van der Waals surface area contributed by atoms with Crippen LogP contribution >= 0.6 is 0 Å². The van der Waals surface area contributed by atoms with Gasteiger partial charge in [0.15, 0.2) is 0 Å². The maximum atomic E-state index is 13.0. The van der Waals surface area contributed by atoms with Crippen LogP contribution in [0.1, 0.15) is 32.1 Å². The maximum absolute atomic E-state index is 13.0. The topological polar surface area (TPSA) is 75.2 Å². The third kappa shape index (κ3) is 2.84. The summed E-state index contributed by atoms with van der Waals surface area (Å²) in [4.78, 5) is 18.4. The first-order valence-electron chi connectivity index (χ1n) is 9.14. The molecular weight excluding hydrogens is 335 g/mol. The molecule has 0 radical (unpaired) electrons. The van der Waals surface area contributed by atoms with E-state index in [2.05, 4.69) is 25.8 Å². The molecule has 0 aromatic carbocycles. The van der Waals surface area contributed by atoms with Crippen LogP contribution in [0.25, 0.3) is 11.3 Å². The van der Waals surface area contributed by atoms with Gasteiger partial charge in [0.1, 0.15) is 17.7 Å². The molecule has 3 saturated carbocycles. The lowest BCUT2D eigenvalue weighted by atomic mass is 9.62. The molecule has 8 heteroatoms. The molecule has 3 heterocycles. The monoisotopic (exact) mass is 356 g/mol. The predicted molar refractivity (Wildman–Crippen MR) is 92.6 cm³/mol. The van der Waals surface area contributed by atoms with E-state index in [1.807, 2.05) is 0 Å². The zero-order valence-electron chi connectivity index (χ0n) is 14.4. The highest BCUT2D eigenvalue weighted by Gasteiger charge is 2.52. The summed E-state index contributed by atoms with van der Waals surface area (Å²) in [5.41, 5.74) is 7.75. The molecular formula is C18H21FN6O. The Morgan fingerprint density at radius 3 is 2.81 bits per heavy atom. The number of halogens is 1. The highest BCUT2D eigenvalue weighted by atomic mass is 19.1. The van der Waals surface area contributed by atoms with Crippen LogP contribution in [-0.4, -0.2) is 32.4 Å². The van der Waals surface area contributed by atoms with Crippen LogP contribution in [0.5, 0.6) is 0 Å². The van der Waals surface area contributed by atoms with Gasteiger partial charge in [-0.15, -0.1) is 0 Å². The quantitative estimate of drug-likeness (QED) is 0.819. The molecule has 0 unspecified atom stereocenters. The summed E-state index contributed by atoms with van der Waals surface area (Å²) in [5, 5.41) is 1.58. The Labute approximate surface area is 150 Å². The Hall–Kier alpha value is -2.16. The van der Waals surface area contributed by atoms with E-state index in [9.17, 15) is 4.39 Å². The van der Waals surface area contributed by atoms with Gasteiger partial charge in [0.2, 0.25) is 5.95 Å². The Morgan fingerprint density at radius 1 is 1.19 bits per heavy atom. The van der Waals surface area contributed by atoms with Gasteiger partial charge in [-0.1, -0.05) is 0 Å². The standard InChI is InChI=1S/C18H21FN6O/c19-16-6-3-13(9-20-16)15-7-17(22-11-21-15)24-25-23-10-18(26-25)8-12-1-4-14(18)5-2-12/h3,6-7,9,11-12,14,23H,1-2,4-5,8,10H2,(H,21,22,24)/t12?,14?,18-/m0/s1. The van der Waals surface area contributed by atoms with Gasteiger partial charge in [0.05, 0.1) is 5.69 Å². The van der Waals surface area contributed by atoms with E-state index in [0.29, 0.717) is 17.4 Å². The SMILES string of the molecule is Fc1ccc(-c2cc(NN3NC[C@]4(CC5CCC4CC5)O3)ncn2)cn1. The number of fused-ring (bicyclic) bond motifs is 2. The second-order valence-corrected chi connectivity index (χ2v) is 7.48. The largest absolute Gasteiger partial charge is 0.265 e. The van der Waals surface area contributed by atoms with Gasteiger partial charge in [-0.3, -0.25) is 10.3 Å². The summed E-state index contributed by atoms with van der Waals surface area (Å²) in [6.45, 7) is 0.820. The number of rotatable bonds is 3. The summed E-state index contributed by atoms with van der Waals surface area (Å²) in [6, 6.07) is 4.75. The molecule has 2 aromatic rings. The number of hydrogen-bond acceptors (Lipinski definition) is 7. The summed E-state index contributed by atoms with van der Waals surface area (Å²) in [6.07, 6.45) is 9.24. The second kappa shape index (κ2) is 6.22. The Morgan fingerprint density at radius 2 is 2.08 bits per heavy atom. The number of pyridine rings is 1. The van der Waals surface area contributed by atoms with Gasteiger partial charge < -0.3 is 0 Å². The van der Waals surface area contributed by atoms with Crippen molar-refractivity contribution in [2.45, 2.75) is 37.7 Å². The van der Waals surface area contributed by atoms with E-state index in [-0.39, 0.29) is 5.60 Å². The Kier molecular flexibility index (Phi) is 3.84. The number of hydrogen-bond donors (Lipinski definition) is 2. The summed E-state index contributed by atoms with van der Waals surface area (Å²) in [5.74, 6) is 1.50. The first kappa shape index (κ1) is 16.0. The van der Waals surface area contributed by atoms with E-state index in [0.717, 1.165) is 24.4 Å². The third-order valence-electron chi connectivity index (χ3n) is 5.93. The molecule has 2 aromatic heterocycles. The maximum Gasteiger partial charge on any atom is 0.212 e. The molecule has 1 saturated heterocycles. The Bertz CT molecular complexity index is 795. The molecule has 0 amide bonds. The molecule has 2 bridgehead atoms. The van der Waals surface area contributed by atoms with Gasteiger partial charge in [0.25, 0.3) is 0 Å². The van der Waals surface area contributed by atoms with Crippen molar-refractivity contribution in [2.75, 3.05) is 12.0 Å². The van der Waals surface area contributed by atoms with Gasteiger partial charge in [-0.2, -0.15) is 4.39 Å². The zero-order chi connectivity index (χ0) is 17.6. The molecule has 136 valence electrons. The van der Waals surface area contributed by atoms with Crippen molar-refractivity contribution >= 4 is 5.82 Å². The second-order valence-electron chi connectivity index (χ2n) is 7.48. The number of hydrazine groups is 2.